The van der Waals surface area contributed by atoms with Crippen LogP contribution in [0.5, 0.6) is 0 Å². The fourth-order valence-corrected chi connectivity index (χ4v) is 3.20. The summed E-state index contributed by atoms with van der Waals surface area (Å²) in [6, 6.07) is 1.29. The van der Waals surface area contributed by atoms with Crippen LogP contribution in [0.3, 0.4) is 0 Å². The van der Waals surface area contributed by atoms with Crippen LogP contribution in [-0.4, -0.2) is 37.9 Å². The molecule has 0 saturated carbocycles. The zero-order valence-corrected chi connectivity index (χ0v) is 12.0. The van der Waals surface area contributed by atoms with Crippen LogP contribution in [0.25, 0.3) is 0 Å². The minimum absolute atomic E-state index is 0.0506. The highest BCUT2D eigenvalue weighted by molar-refractivity contribution is 5.69. The normalized spacial score (nSPS) is 29.4. The molecule has 2 bridgehead atoms. The van der Waals surface area contributed by atoms with Crippen molar-refractivity contribution in [3.8, 4) is 0 Å². The van der Waals surface area contributed by atoms with Crippen LogP contribution >= 0.6 is 0 Å². The molecule has 2 saturated heterocycles. The van der Waals surface area contributed by atoms with Gasteiger partial charge in [0.05, 0.1) is 6.61 Å². The molecule has 4 nitrogen and oxygen atoms in total. The highest BCUT2D eigenvalue weighted by Gasteiger charge is 2.34. The largest absolute Gasteiger partial charge is 0.463 e. The summed E-state index contributed by atoms with van der Waals surface area (Å²) in [6.07, 6.45) is 7.63. The van der Waals surface area contributed by atoms with Crippen LogP contribution in [0.2, 0.25) is 0 Å². The van der Waals surface area contributed by atoms with Crippen molar-refractivity contribution >= 4 is 5.97 Å². The molecule has 0 radical (unpaired) electrons. The van der Waals surface area contributed by atoms with Gasteiger partial charge >= 0.3 is 5.97 Å². The lowest BCUT2D eigenvalue weighted by Crippen LogP contribution is -2.38. The number of hydrogen-bond acceptors (Lipinski definition) is 4. The van der Waals surface area contributed by atoms with E-state index >= 15 is 0 Å². The molecule has 2 aliphatic rings. The van der Waals surface area contributed by atoms with E-state index in [4.69, 9.17) is 9.47 Å². The second-order valence-electron chi connectivity index (χ2n) is 5.87. The lowest BCUT2D eigenvalue weighted by molar-refractivity contribution is -0.146. The fraction of sp³-hybridized carbons (Fsp3) is 0.933. The van der Waals surface area contributed by atoms with Gasteiger partial charge in [0.1, 0.15) is 6.61 Å². The standard InChI is InChI=1S/C15H27NO3/c1-2-3-6-18-7-8-19-15(17)11-12-9-13-4-5-14(10-12)16-13/h12-14,16H,2-11H2,1H3. The number of esters is 1. The quantitative estimate of drug-likeness (QED) is 0.542. The Morgan fingerprint density at radius 2 is 1.89 bits per heavy atom. The molecule has 0 amide bonds. The number of piperidine rings is 1. The molecular weight excluding hydrogens is 242 g/mol. The third kappa shape index (κ3) is 5.11. The van der Waals surface area contributed by atoms with E-state index in [-0.39, 0.29) is 5.97 Å². The first kappa shape index (κ1) is 14.8. The molecule has 2 heterocycles. The summed E-state index contributed by atoms with van der Waals surface area (Å²) in [5.41, 5.74) is 0. The summed E-state index contributed by atoms with van der Waals surface area (Å²) in [4.78, 5) is 11.7. The summed E-state index contributed by atoms with van der Waals surface area (Å²) in [7, 11) is 0. The van der Waals surface area contributed by atoms with Gasteiger partial charge in [0.25, 0.3) is 0 Å². The van der Waals surface area contributed by atoms with Gasteiger partial charge in [-0.1, -0.05) is 13.3 Å². The van der Waals surface area contributed by atoms with Gasteiger partial charge in [-0.2, -0.15) is 0 Å². The van der Waals surface area contributed by atoms with Gasteiger partial charge in [-0.15, -0.1) is 0 Å². The summed E-state index contributed by atoms with van der Waals surface area (Å²) in [5, 5.41) is 3.59. The monoisotopic (exact) mass is 269 g/mol. The number of carbonyl (C=O) groups excluding carboxylic acids is 1. The predicted octanol–water partition coefficient (Wildman–Crippen LogP) is 2.27. The van der Waals surface area contributed by atoms with Crippen LogP contribution in [0.15, 0.2) is 0 Å². The number of unbranched alkanes of at least 4 members (excludes halogenated alkanes) is 1. The van der Waals surface area contributed by atoms with Crippen molar-refractivity contribution in [3.05, 3.63) is 0 Å². The first-order chi connectivity index (χ1) is 9.28. The maximum absolute atomic E-state index is 11.7. The average Bonchev–Trinajstić information content (AvgIpc) is 2.73. The molecular formula is C15H27NO3. The maximum atomic E-state index is 11.7. The van der Waals surface area contributed by atoms with Gasteiger partial charge < -0.3 is 14.8 Å². The fourth-order valence-electron chi connectivity index (χ4n) is 3.20. The van der Waals surface area contributed by atoms with Crippen LogP contribution in [0, 0.1) is 5.92 Å². The molecule has 0 aromatic heterocycles. The molecule has 2 rings (SSSR count). The zero-order chi connectivity index (χ0) is 13.5. The van der Waals surface area contributed by atoms with Gasteiger partial charge in [-0.3, -0.25) is 4.79 Å². The third-order valence-electron chi connectivity index (χ3n) is 4.16. The number of nitrogens with one attached hydrogen (secondary N) is 1. The lowest BCUT2D eigenvalue weighted by Gasteiger charge is -2.28. The van der Waals surface area contributed by atoms with E-state index in [2.05, 4.69) is 12.2 Å². The average molecular weight is 269 g/mol. The van der Waals surface area contributed by atoms with Crippen LogP contribution < -0.4 is 5.32 Å². The van der Waals surface area contributed by atoms with E-state index in [9.17, 15) is 4.79 Å². The second-order valence-corrected chi connectivity index (χ2v) is 5.87. The van der Waals surface area contributed by atoms with E-state index in [1.54, 1.807) is 0 Å². The molecule has 0 aromatic rings. The number of hydrogen-bond donors (Lipinski definition) is 1. The van der Waals surface area contributed by atoms with Crippen molar-refractivity contribution in [2.24, 2.45) is 5.92 Å². The van der Waals surface area contributed by atoms with Gasteiger partial charge in [0.2, 0.25) is 0 Å². The molecule has 0 aromatic carbocycles. The zero-order valence-electron chi connectivity index (χ0n) is 12.0. The van der Waals surface area contributed by atoms with Gasteiger partial charge in [0.15, 0.2) is 0 Å². The Labute approximate surface area is 116 Å². The molecule has 4 heteroatoms. The van der Waals surface area contributed by atoms with Crippen molar-refractivity contribution in [1.82, 2.24) is 5.32 Å². The predicted molar refractivity (Wildman–Crippen MR) is 74.0 cm³/mol. The Bertz CT molecular complexity index is 271. The van der Waals surface area contributed by atoms with E-state index in [1.807, 2.05) is 0 Å². The maximum Gasteiger partial charge on any atom is 0.306 e. The van der Waals surface area contributed by atoms with Crippen molar-refractivity contribution < 1.29 is 14.3 Å². The molecule has 2 unspecified atom stereocenters. The smallest absolute Gasteiger partial charge is 0.306 e. The Balaban J connectivity index is 1.52. The minimum atomic E-state index is -0.0506. The number of carbonyl (C=O) groups is 1. The molecule has 0 aliphatic carbocycles. The number of fused-ring (bicyclic) bond motifs is 2. The van der Waals surface area contributed by atoms with Crippen LogP contribution in [0.4, 0.5) is 0 Å². The SMILES string of the molecule is CCCCOCCOC(=O)CC1CC2CCC(C1)N2. The van der Waals surface area contributed by atoms with Crippen LogP contribution in [0.1, 0.15) is 51.9 Å². The van der Waals surface area contributed by atoms with Crippen molar-refractivity contribution in [3.63, 3.8) is 0 Å². The van der Waals surface area contributed by atoms with E-state index in [0.29, 0.717) is 37.6 Å². The Morgan fingerprint density at radius 1 is 1.16 bits per heavy atom. The highest BCUT2D eigenvalue weighted by Crippen LogP contribution is 2.32. The van der Waals surface area contributed by atoms with Crippen molar-refractivity contribution in [1.29, 1.82) is 0 Å². The van der Waals surface area contributed by atoms with E-state index in [1.165, 1.54) is 12.8 Å². The summed E-state index contributed by atoms with van der Waals surface area (Å²) < 4.78 is 10.6. The third-order valence-corrected chi connectivity index (χ3v) is 4.16. The minimum Gasteiger partial charge on any atom is -0.463 e. The van der Waals surface area contributed by atoms with Crippen LogP contribution in [-0.2, 0) is 14.3 Å². The van der Waals surface area contributed by atoms with Crippen molar-refractivity contribution in [2.75, 3.05) is 19.8 Å². The molecule has 2 atom stereocenters. The lowest BCUT2D eigenvalue weighted by atomic mass is 9.90. The van der Waals surface area contributed by atoms with E-state index < -0.39 is 0 Å². The molecule has 19 heavy (non-hydrogen) atoms. The molecule has 0 spiro atoms. The second kappa shape index (κ2) is 7.85. The first-order valence-corrected chi connectivity index (χ1v) is 7.77. The number of ether oxygens (including phenoxy) is 2. The first-order valence-electron chi connectivity index (χ1n) is 7.77. The molecule has 1 N–H and O–H groups in total. The number of rotatable bonds is 8. The summed E-state index contributed by atoms with van der Waals surface area (Å²) in [6.45, 7) is 3.84. The summed E-state index contributed by atoms with van der Waals surface area (Å²) in [5.74, 6) is 0.470. The Morgan fingerprint density at radius 3 is 2.58 bits per heavy atom. The Hall–Kier alpha value is -0.610. The highest BCUT2D eigenvalue weighted by atomic mass is 16.6. The van der Waals surface area contributed by atoms with Crippen molar-refractivity contribution in [2.45, 2.75) is 64.0 Å². The molecule has 2 fully saturated rings. The van der Waals surface area contributed by atoms with Gasteiger partial charge in [-0.25, -0.2) is 0 Å². The summed E-state index contributed by atoms with van der Waals surface area (Å²) >= 11 is 0. The van der Waals surface area contributed by atoms with Gasteiger partial charge in [0, 0.05) is 25.1 Å². The van der Waals surface area contributed by atoms with E-state index in [0.717, 1.165) is 32.3 Å². The van der Waals surface area contributed by atoms with Gasteiger partial charge in [-0.05, 0) is 38.0 Å². The molecule has 2 aliphatic heterocycles. The molecule has 110 valence electrons. The topological polar surface area (TPSA) is 47.6 Å². The Kier molecular flexibility index (Phi) is 6.11.